The molecular weight excluding hydrogens is 415 g/mol. The number of amides is 1. The third kappa shape index (κ3) is 4.57. The lowest BCUT2D eigenvalue weighted by molar-refractivity contribution is -0.140. The molecule has 0 bridgehead atoms. The Morgan fingerprint density at radius 3 is 2.69 bits per heavy atom. The maximum absolute atomic E-state index is 14.4. The van der Waals surface area contributed by atoms with Gasteiger partial charge in [-0.05, 0) is 18.2 Å². The monoisotopic (exact) mass is 431 g/mol. The first-order chi connectivity index (χ1) is 13.6. The molecule has 10 nitrogen and oxygen atoms in total. The van der Waals surface area contributed by atoms with Crippen LogP contribution >= 0.6 is 7.75 Å². The molecule has 13 heteroatoms. The third-order valence-corrected chi connectivity index (χ3v) is 5.05. The first-order valence-electron chi connectivity index (χ1n) is 8.21. The molecule has 29 heavy (non-hydrogen) atoms. The molecule has 1 aliphatic rings. The smallest absolute Gasteiger partial charge is 0.384 e. The number of hydrogen-bond acceptors (Lipinski definition) is 7. The number of carbonyl (C=O) groups excluding carboxylic acids is 1. The Morgan fingerprint density at radius 1 is 1.34 bits per heavy atom. The van der Waals surface area contributed by atoms with E-state index in [2.05, 4.69) is 9.51 Å². The van der Waals surface area contributed by atoms with Gasteiger partial charge in [0.1, 0.15) is 6.10 Å². The standard InChI is InChI=1S/C16H16F2N3O7P/c17-16(18)12(22)11(28-14(16)21-8-4-7-19-15(21)24)9-27-29(25,26)20-13(23)10-5-2-1-3-6-10/h1-8,11-12,14,22H,9H2,(H2,20,23,25,26)/t11-,12-,14-/m1/s1. The number of benzene rings is 1. The number of carbonyl (C=O) groups is 1. The molecular formula is C16H16F2N3O7P. The minimum Gasteiger partial charge on any atom is -0.384 e. The summed E-state index contributed by atoms with van der Waals surface area (Å²) in [6.45, 7) is -0.953. The van der Waals surface area contributed by atoms with Gasteiger partial charge < -0.3 is 14.7 Å². The van der Waals surface area contributed by atoms with Gasteiger partial charge in [0, 0.05) is 18.0 Å². The van der Waals surface area contributed by atoms with E-state index in [1.54, 1.807) is 11.2 Å². The molecule has 1 aliphatic heterocycles. The van der Waals surface area contributed by atoms with Crippen molar-refractivity contribution in [2.45, 2.75) is 24.4 Å². The Labute approximate surface area is 162 Å². The molecule has 0 saturated carbocycles. The van der Waals surface area contributed by atoms with Crippen molar-refractivity contribution in [2.24, 2.45) is 0 Å². The summed E-state index contributed by atoms with van der Waals surface area (Å²) in [6, 6.07) is 8.69. The van der Waals surface area contributed by atoms with E-state index in [1.807, 2.05) is 0 Å². The van der Waals surface area contributed by atoms with Gasteiger partial charge in [0.05, 0.1) is 6.61 Å². The van der Waals surface area contributed by atoms with Crippen molar-refractivity contribution in [3.63, 3.8) is 0 Å². The summed E-state index contributed by atoms with van der Waals surface area (Å²) in [7, 11) is -4.75. The van der Waals surface area contributed by atoms with Crippen LogP contribution in [0.3, 0.4) is 0 Å². The van der Waals surface area contributed by atoms with E-state index >= 15 is 0 Å². The first-order valence-corrected chi connectivity index (χ1v) is 9.79. The van der Waals surface area contributed by atoms with Crippen LogP contribution in [0.4, 0.5) is 8.78 Å². The molecule has 3 N–H and O–H groups in total. The fourth-order valence-corrected chi connectivity index (χ4v) is 3.44. The van der Waals surface area contributed by atoms with Crippen LogP contribution in [0.1, 0.15) is 16.6 Å². The highest BCUT2D eigenvalue weighted by Crippen LogP contribution is 2.44. The maximum Gasteiger partial charge on any atom is 0.432 e. The van der Waals surface area contributed by atoms with E-state index in [9.17, 15) is 32.9 Å². The number of nitrogens with one attached hydrogen (secondary N) is 1. The molecule has 1 amide bonds. The van der Waals surface area contributed by atoms with Gasteiger partial charge in [0.25, 0.3) is 5.91 Å². The Balaban J connectivity index is 1.67. The molecule has 0 spiro atoms. The highest BCUT2D eigenvalue weighted by molar-refractivity contribution is 7.51. The molecule has 0 radical (unpaired) electrons. The number of aliphatic hydroxyl groups is 1. The van der Waals surface area contributed by atoms with Gasteiger partial charge in [-0.1, -0.05) is 18.2 Å². The Kier molecular flexibility index (Phi) is 5.92. The molecule has 1 saturated heterocycles. The van der Waals surface area contributed by atoms with Crippen molar-refractivity contribution < 1.29 is 37.4 Å². The van der Waals surface area contributed by atoms with Crippen molar-refractivity contribution in [1.82, 2.24) is 14.6 Å². The van der Waals surface area contributed by atoms with E-state index in [1.165, 1.54) is 30.3 Å². The summed E-state index contributed by atoms with van der Waals surface area (Å²) < 4.78 is 50.9. The van der Waals surface area contributed by atoms with Gasteiger partial charge in [0.2, 0.25) is 6.23 Å². The van der Waals surface area contributed by atoms with Crippen LogP contribution in [-0.2, 0) is 13.8 Å². The zero-order valence-electron chi connectivity index (χ0n) is 14.6. The molecule has 2 aromatic rings. The Hall–Kier alpha value is -2.50. The topological polar surface area (TPSA) is 140 Å². The molecule has 1 aromatic heterocycles. The molecule has 3 rings (SSSR count). The summed E-state index contributed by atoms with van der Waals surface area (Å²) in [5, 5.41) is 11.6. The predicted octanol–water partition coefficient (Wildman–Crippen LogP) is 0.684. The molecule has 0 aliphatic carbocycles. The molecule has 2 heterocycles. The summed E-state index contributed by atoms with van der Waals surface area (Å²) in [5.41, 5.74) is -0.959. The average Bonchev–Trinajstić information content (AvgIpc) is 2.90. The second-order valence-electron chi connectivity index (χ2n) is 6.08. The van der Waals surface area contributed by atoms with E-state index in [0.29, 0.717) is 4.57 Å². The van der Waals surface area contributed by atoms with Gasteiger partial charge >= 0.3 is 19.4 Å². The summed E-state index contributed by atoms with van der Waals surface area (Å²) in [4.78, 5) is 36.7. The average molecular weight is 431 g/mol. The first kappa shape index (κ1) is 21.2. The van der Waals surface area contributed by atoms with Gasteiger partial charge in [-0.15, -0.1) is 0 Å². The summed E-state index contributed by atoms with van der Waals surface area (Å²) in [5.74, 6) is -4.83. The van der Waals surface area contributed by atoms with E-state index < -0.39 is 50.3 Å². The summed E-state index contributed by atoms with van der Waals surface area (Å²) in [6.07, 6.45) is -4.29. The lowest BCUT2D eigenvalue weighted by atomic mass is 10.1. The number of alkyl halides is 2. The van der Waals surface area contributed by atoms with Crippen molar-refractivity contribution in [3.8, 4) is 0 Å². The molecule has 1 fully saturated rings. The van der Waals surface area contributed by atoms with Gasteiger partial charge in [-0.2, -0.15) is 8.78 Å². The highest BCUT2D eigenvalue weighted by atomic mass is 31.2. The fraction of sp³-hybridized carbons (Fsp3) is 0.312. The van der Waals surface area contributed by atoms with Crippen LogP contribution in [-0.4, -0.2) is 50.2 Å². The second-order valence-corrected chi connectivity index (χ2v) is 7.60. The third-order valence-electron chi connectivity index (χ3n) is 4.06. The molecule has 1 unspecified atom stereocenters. The minimum absolute atomic E-state index is 0.0741. The van der Waals surface area contributed by atoms with Gasteiger partial charge in [-0.3, -0.25) is 19.0 Å². The Bertz CT molecular complexity index is 988. The number of nitrogens with zero attached hydrogens (tertiary/aromatic N) is 2. The Morgan fingerprint density at radius 2 is 2.03 bits per heavy atom. The van der Waals surface area contributed by atoms with Gasteiger partial charge in [-0.25, -0.2) is 14.3 Å². The van der Waals surface area contributed by atoms with Crippen LogP contribution in [0.5, 0.6) is 0 Å². The zero-order chi connectivity index (χ0) is 21.2. The number of ether oxygens (including phenoxy) is 1. The maximum atomic E-state index is 14.4. The number of rotatable bonds is 6. The predicted molar refractivity (Wildman–Crippen MR) is 93.0 cm³/mol. The second kappa shape index (κ2) is 8.09. The molecule has 4 atom stereocenters. The van der Waals surface area contributed by atoms with Crippen molar-refractivity contribution in [2.75, 3.05) is 6.61 Å². The number of aliphatic hydroxyl groups excluding tert-OH is 1. The molecule has 1 aromatic carbocycles. The van der Waals surface area contributed by atoms with Crippen LogP contribution in [0, 0.1) is 0 Å². The minimum atomic E-state index is -4.75. The number of hydrogen-bond donors (Lipinski definition) is 3. The van der Waals surface area contributed by atoms with Crippen LogP contribution in [0.15, 0.2) is 53.6 Å². The van der Waals surface area contributed by atoms with Gasteiger partial charge in [0.15, 0.2) is 6.10 Å². The lowest BCUT2D eigenvalue weighted by Gasteiger charge is -2.20. The highest BCUT2D eigenvalue weighted by Gasteiger charge is 2.60. The quantitative estimate of drug-likeness (QED) is 0.568. The van der Waals surface area contributed by atoms with Crippen LogP contribution in [0.25, 0.3) is 0 Å². The number of halogens is 2. The normalized spacial score (nSPS) is 25.3. The number of aromatic nitrogens is 2. The van der Waals surface area contributed by atoms with E-state index in [0.717, 1.165) is 12.4 Å². The van der Waals surface area contributed by atoms with E-state index in [-0.39, 0.29) is 5.56 Å². The molecule has 156 valence electrons. The van der Waals surface area contributed by atoms with E-state index in [4.69, 9.17) is 4.74 Å². The zero-order valence-corrected chi connectivity index (χ0v) is 15.5. The SMILES string of the molecule is O=C(NP(=O)(O)OC[C@H]1O[C@@H](n2cccnc2=O)C(F)(F)[C@@H]1O)c1ccccc1. The van der Waals surface area contributed by atoms with Crippen LogP contribution in [0.2, 0.25) is 0 Å². The fourth-order valence-electron chi connectivity index (χ4n) is 2.64. The lowest BCUT2D eigenvalue weighted by Crippen LogP contribution is -2.41. The van der Waals surface area contributed by atoms with Crippen molar-refractivity contribution in [1.29, 1.82) is 0 Å². The summed E-state index contributed by atoms with van der Waals surface area (Å²) >= 11 is 0. The van der Waals surface area contributed by atoms with Crippen molar-refractivity contribution in [3.05, 3.63) is 64.8 Å². The van der Waals surface area contributed by atoms with Crippen LogP contribution < -0.4 is 10.8 Å². The largest absolute Gasteiger partial charge is 0.432 e. The van der Waals surface area contributed by atoms with Crippen molar-refractivity contribution >= 4 is 13.7 Å².